The third-order valence-electron chi connectivity index (χ3n) is 6.34. The van der Waals surface area contributed by atoms with E-state index in [9.17, 15) is 9.18 Å². The number of hydrogen-bond acceptors (Lipinski definition) is 6. The number of carbonyl (C=O) groups excluding carboxylic acids is 1. The fraction of sp³-hybridized carbons (Fsp3) is 0.286. The summed E-state index contributed by atoms with van der Waals surface area (Å²) in [5, 5.41) is 1.93. The van der Waals surface area contributed by atoms with E-state index in [1.807, 2.05) is 48.8 Å². The van der Waals surface area contributed by atoms with Gasteiger partial charge in [0.15, 0.2) is 5.78 Å². The Morgan fingerprint density at radius 1 is 1.11 bits per heavy atom. The lowest BCUT2D eigenvalue weighted by molar-refractivity contribution is 0.0993. The van der Waals surface area contributed by atoms with Crippen molar-refractivity contribution < 1.29 is 18.7 Å². The van der Waals surface area contributed by atoms with E-state index in [0.29, 0.717) is 38.5 Å². The first-order valence-electron chi connectivity index (χ1n) is 11.8. The maximum absolute atomic E-state index is 14.4. The lowest BCUT2D eigenvalue weighted by Crippen LogP contribution is -2.36. The number of ether oxygens (including phenoxy) is 2. The first-order chi connectivity index (χ1) is 17.1. The summed E-state index contributed by atoms with van der Waals surface area (Å²) in [5.74, 6) is 0.278. The van der Waals surface area contributed by atoms with E-state index in [1.165, 1.54) is 17.0 Å². The number of thiazole rings is 1. The molecule has 1 saturated heterocycles. The predicted octanol–water partition coefficient (Wildman–Crippen LogP) is 5.63. The summed E-state index contributed by atoms with van der Waals surface area (Å²) >= 11 is 1.64. The van der Waals surface area contributed by atoms with E-state index in [2.05, 4.69) is 9.88 Å². The largest absolute Gasteiger partial charge is 0.493 e. The van der Waals surface area contributed by atoms with E-state index in [-0.39, 0.29) is 12.2 Å². The standard InChI is InChI=1S/C28H27FN2O3S/c1-19-28(35-18-30-19)8-11-34-27-7-6-20(24-4-2-3-5-25(24)27)16-26(32)21-14-22(29)17-23(15-21)31-9-12-33-13-10-31/h2-7,14-15,17-18H,8-13,16H2,1H3. The number of aryl methyl sites for hydroxylation is 1. The number of aromatic nitrogens is 1. The Hall–Kier alpha value is -3.29. The maximum Gasteiger partial charge on any atom is 0.167 e. The minimum Gasteiger partial charge on any atom is -0.493 e. The number of hydrogen-bond donors (Lipinski definition) is 0. The van der Waals surface area contributed by atoms with Crippen LogP contribution in [0.15, 0.2) is 60.1 Å². The molecule has 5 nitrogen and oxygen atoms in total. The van der Waals surface area contributed by atoms with Gasteiger partial charge in [-0.3, -0.25) is 4.79 Å². The van der Waals surface area contributed by atoms with Crippen LogP contribution in [0.5, 0.6) is 5.75 Å². The lowest BCUT2D eigenvalue weighted by Gasteiger charge is -2.29. The number of halogens is 1. The first-order valence-corrected chi connectivity index (χ1v) is 12.7. The van der Waals surface area contributed by atoms with Crippen LogP contribution in [0.1, 0.15) is 26.5 Å². The van der Waals surface area contributed by atoms with Crippen molar-refractivity contribution in [2.45, 2.75) is 19.8 Å². The third-order valence-corrected chi connectivity index (χ3v) is 7.33. The smallest absolute Gasteiger partial charge is 0.167 e. The molecule has 1 fully saturated rings. The molecule has 0 bridgehead atoms. The van der Waals surface area contributed by atoms with Gasteiger partial charge in [-0.05, 0) is 42.1 Å². The maximum atomic E-state index is 14.4. The highest BCUT2D eigenvalue weighted by molar-refractivity contribution is 7.09. The first kappa shape index (κ1) is 23.5. The summed E-state index contributed by atoms with van der Waals surface area (Å²) in [7, 11) is 0. The van der Waals surface area contributed by atoms with Crippen LogP contribution in [0.2, 0.25) is 0 Å². The summed E-state index contributed by atoms with van der Waals surface area (Å²) in [4.78, 5) is 20.8. The quantitative estimate of drug-likeness (QED) is 0.300. The molecule has 0 radical (unpaired) electrons. The highest BCUT2D eigenvalue weighted by Gasteiger charge is 2.17. The molecular formula is C28H27FN2O3S. The van der Waals surface area contributed by atoms with Crippen molar-refractivity contribution in [2.24, 2.45) is 0 Å². The van der Waals surface area contributed by atoms with E-state index >= 15 is 0 Å². The van der Waals surface area contributed by atoms with Crippen LogP contribution < -0.4 is 9.64 Å². The highest BCUT2D eigenvalue weighted by atomic mass is 32.1. The fourth-order valence-corrected chi connectivity index (χ4v) is 5.21. The van der Waals surface area contributed by atoms with Crippen LogP contribution in [-0.2, 0) is 17.6 Å². The number of fused-ring (bicyclic) bond motifs is 1. The number of morpholine rings is 1. The Bertz CT molecular complexity index is 1350. The molecule has 0 saturated carbocycles. The van der Waals surface area contributed by atoms with Crippen LogP contribution in [0.25, 0.3) is 10.8 Å². The van der Waals surface area contributed by atoms with Gasteiger partial charge in [-0.1, -0.05) is 30.3 Å². The van der Waals surface area contributed by atoms with Gasteiger partial charge in [0, 0.05) is 47.4 Å². The molecule has 1 aliphatic rings. The third kappa shape index (κ3) is 5.36. The molecule has 0 N–H and O–H groups in total. The average Bonchev–Trinajstić information content (AvgIpc) is 3.29. The molecule has 5 rings (SSSR count). The van der Waals surface area contributed by atoms with E-state index in [0.717, 1.165) is 39.9 Å². The number of ketones is 1. The lowest BCUT2D eigenvalue weighted by atomic mass is 9.96. The summed E-state index contributed by atoms with van der Waals surface area (Å²) in [6.45, 7) is 5.14. The zero-order valence-corrected chi connectivity index (χ0v) is 20.4. The molecule has 4 aromatic rings. The minimum atomic E-state index is -0.401. The zero-order valence-electron chi connectivity index (χ0n) is 19.6. The SMILES string of the molecule is Cc1ncsc1CCOc1ccc(CC(=O)c2cc(F)cc(N3CCOCC3)c2)c2ccccc12. The second-order valence-corrected chi connectivity index (χ2v) is 9.56. The molecule has 3 aromatic carbocycles. The molecular weight excluding hydrogens is 463 g/mol. The summed E-state index contributed by atoms with van der Waals surface area (Å²) in [6, 6.07) is 16.4. The molecule has 35 heavy (non-hydrogen) atoms. The Balaban J connectivity index is 1.35. The number of rotatable bonds is 8. The van der Waals surface area contributed by atoms with E-state index in [1.54, 1.807) is 17.4 Å². The van der Waals surface area contributed by atoms with Crippen molar-refractivity contribution >= 4 is 33.6 Å². The number of nitrogens with zero attached hydrogens (tertiary/aromatic N) is 2. The predicted molar refractivity (Wildman–Crippen MR) is 137 cm³/mol. The number of benzene rings is 3. The van der Waals surface area contributed by atoms with Crippen molar-refractivity contribution in [2.75, 3.05) is 37.8 Å². The molecule has 0 aliphatic carbocycles. The van der Waals surface area contributed by atoms with E-state index in [4.69, 9.17) is 9.47 Å². The molecule has 7 heteroatoms. The van der Waals surface area contributed by atoms with Gasteiger partial charge in [-0.15, -0.1) is 11.3 Å². The van der Waals surface area contributed by atoms with Crippen molar-refractivity contribution in [1.29, 1.82) is 0 Å². The van der Waals surface area contributed by atoms with Crippen molar-refractivity contribution in [1.82, 2.24) is 4.98 Å². The average molecular weight is 491 g/mol. The molecule has 180 valence electrons. The van der Waals surface area contributed by atoms with Crippen molar-refractivity contribution in [3.8, 4) is 5.75 Å². The normalized spacial score (nSPS) is 13.8. The van der Waals surface area contributed by atoms with E-state index < -0.39 is 5.82 Å². The Kier molecular flexibility index (Phi) is 7.06. The van der Waals surface area contributed by atoms with Gasteiger partial charge in [-0.25, -0.2) is 9.37 Å². The Labute approximate surface area is 208 Å². The van der Waals surface area contributed by atoms with Crippen LogP contribution in [0.4, 0.5) is 10.1 Å². The van der Waals surface area contributed by atoms with Gasteiger partial charge in [0.1, 0.15) is 11.6 Å². The summed E-state index contributed by atoms with van der Waals surface area (Å²) in [6.07, 6.45) is 0.989. The molecule has 0 unspecified atom stereocenters. The molecule has 0 spiro atoms. The number of Topliss-reactive ketones (excluding diaryl/α,β-unsaturated/α-hetero) is 1. The molecule has 1 aliphatic heterocycles. The fourth-order valence-electron chi connectivity index (χ4n) is 4.45. The van der Waals surface area contributed by atoms with Crippen molar-refractivity contribution in [3.63, 3.8) is 0 Å². The summed E-state index contributed by atoms with van der Waals surface area (Å²) in [5.41, 5.74) is 4.91. The highest BCUT2D eigenvalue weighted by Crippen LogP contribution is 2.30. The van der Waals surface area contributed by atoms with Crippen LogP contribution >= 0.6 is 11.3 Å². The number of anilines is 1. The van der Waals surface area contributed by atoms with Crippen molar-refractivity contribution in [3.05, 3.63) is 87.6 Å². The van der Waals surface area contributed by atoms with Gasteiger partial charge in [0.05, 0.1) is 31.0 Å². The second kappa shape index (κ2) is 10.5. The van der Waals surface area contributed by atoms with Gasteiger partial charge in [0.2, 0.25) is 0 Å². The van der Waals surface area contributed by atoms with Gasteiger partial charge in [-0.2, -0.15) is 0 Å². The Morgan fingerprint density at radius 3 is 2.69 bits per heavy atom. The monoisotopic (exact) mass is 490 g/mol. The summed E-state index contributed by atoms with van der Waals surface area (Å²) < 4.78 is 25.9. The molecule has 0 amide bonds. The topological polar surface area (TPSA) is 51.7 Å². The second-order valence-electron chi connectivity index (χ2n) is 8.63. The minimum absolute atomic E-state index is 0.112. The molecule has 1 aromatic heterocycles. The van der Waals surface area contributed by atoms with Gasteiger partial charge >= 0.3 is 0 Å². The van der Waals surface area contributed by atoms with Crippen LogP contribution in [0, 0.1) is 12.7 Å². The van der Waals surface area contributed by atoms with Crippen LogP contribution in [-0.4, -0.2) is 43.7 Å². The van der Waals surface area contributed by atoms with Gasteiger partial charge < -0.3 is 14.4 Å². The molecule has 2 heterocycles. The Morgan fingerprint density at radius 2 is 1.91 bits per heavy atom. The molecule has 0 atom stereocenters. The van der Waals surface area contributed by atoms with Crippen LogP contribution in [0.3, 0.4) is 0 Å². The van der Waals surface area contributed by atoms with Gasteiger partial charge in [0.25, 0.3) is 0 Å². The number of carbonyl (C=O) groups is 1. The zero-order chi connectivity index (χ0) is 24.2.